The van der Waals surface area contributed by atoms with Gasteiger partial charge >= 0.3 is 5.97 Å². The van der Waals surface area contributed by atoms with Crippen molar-refractivity contribution in [1.29, 1.82) is 0 Å². The van der Waals surface area contributed by atoms with E-state index in [-0.39, 0.29) is 30.0 Å². The third kappa shape index (κ3) is 1.69. The van der Waals surface area contributed by atoms with E-state index in [1.165, 1.54) is 0 Å². The molecule has 1 aliphatic heterocycles. The standard InChI is InChI=1S/C12H18O3/c1-6(2)10-9(13)5-8-4-7(3)12(14)15-11(8)10/h4,6,8-11,13H,5H2,1-3H3. The van der Waals surface area contributed by atoms with Crippen molar-refractivity contribution in [3.05, 3.63) is 11.6 Å². The molecule has 1 saturated carbocycles. The fourth-order valence-corrected chi connectivity index (χ4v) is 2.83. The van der Waals surface area contributed by atoms with E-state index in [0.717, 1.165) is 6.42 Å². The zero-order valence-corrected chi connectivity index (χ0v) is 9.43. The molecule has 2 rings (SSSR count). The maximum absolute atomic E-state index is 11.4. The molecule has 0 aromatic rings. The van der Waals surface area contributed by atoms with Crippen molar-refractivity contribution in [2.75, 3.05) is 0 Å². The van der Waals surface area contributed by atoms with Crippen LogP contribution in [0.5, 0.6) is 0 Å². The van der Waals surface area contributed by atoms with Crippen molar-refractivity contribution >= 4 is 5.97 Å². The molecular weight excluding hydrogens is 192 g/mol. The number of fused-ring (bicyclic) bond motifs is 1. The number of esters is 1. The van der Waals surface area contributed by atoms with Crippen LogP contribution < -0.4 is 0 Å². The molecule has 1 N–H and O–H groups in total. The maximum atomic E-state index is 11.4. The lowest BCUT2D eigenvalue weighted by molar-refractivity contribution is -0.151. The molecule has 0 aromatic heterocycles. The highest BCUT2D eigenvalue weighted by molar-refractivity contribution is 5.88. The highest BCUT2D eigenvalue weighted by Crippen LogP contribution is 2.41. The Morgan fingerprint density at radius 3 is 2.80 bits per heavy atom. The number of carbonyl (C=O) groups is 1. The summed E-state index contributed by atoms with van der Waals surface area (Å²) in [6.45, 7) is 5.90. The third-order valence-corrected chi connectivity index (χ3v) is 3.56. The Hall–Kier alpha value is -0.830. The second-order valence-corrected chi connectivity index (χ2v) is 5.01. The molecule has 84 valence electrons. The third-order valence-electron chi connectivity index (χ3n) is 3.56. The van der Waals surface area contributed by atoms with E-state index in [2.05, 4.69) is 13.8 Å². The fourth-order valence-electron chi connectivity index (χ4n) is 2.83. The molecule has 0 aromatic carbocycles. The van der Waals surface area contributed by atoms with E-state index in [1.54, 1.807) is 6.92 Å². The smallest absolute Gasteiger partial charge is 0.333 e. The number of hydrogen-bond donors (Lipinski definition) is 1. The van der Waals surface area contributed by atoms with Gasteiger partial charge in [0.1, 0.15) is 6.10 Å². The van der Waals surface area contributed by atoms with E-state index in [1.807, 2.05) is 6.08 Å². The molecule has 1 fully saturated rings. The molecule has 15 heavy (non-hydrogen) atoms. The van der Waals surface area contributed by atoms with Gasteiger partial charge in [0.25, 0.3) is 0 Å². The maximum Gasteiger partial charge on any atom is 0.333 e. The van der Waals surface area contributed by atoms with Crippen LogP contribution in [0.2, 0.25) is 0 Å². The fraction of sp³-hybridized carbons (Fsp3) is 0.750. The van der Waals surface area contributed by atoms with Crippen LogP contribution >= 0.6 is 0 Å². The predicted molar refractivity (Wildman–Crippen MR) is 56.1 cm³/mol. The Morgan fingerprint density at radius 1 is 1.53 bits per heavy atom. The van der Waals surface area contributed by atoms with E-state index in [9.17, 15) is 9.90 Å². The highest BCUT2D eigenvalue weighted by atomic mass is 16.5. The number of hydrogen-bond acceptors (Lipinski definition) is 3. The van der Waals surface area contributed by atoms with E-state index >= 15 is 0 Å². The molecular formula is C12H18O3. The van der Waals surface area contributed by atoms with Crippen LogP contribution in [0, 0.1) is 17.8 Å². The van der Waals surface area contributed by atoms with Crippen molar-refractivity contribution in [2.45, 2.75) is 39.4 Å². The molecule has 1 heterocycles. The second-order valence-electron chi connectivity index (χ2n) is 5.01. The number of aliphatic hydroxyl groups is 1. The van der Waals surface area contributed by atoms with Gasteiger partial charge in [0.2, 0.25) is 0 Å². The molecule has 3 nitrogen and oxygen atoms in total. The normalized spacial score (nSPS) is 40.1. The van der Waals surface area contributed by atoms with E-state index in [0.29, 0.717) is 11.5 Å². The highest BCUT2D eigenvalue weighted by Gasteiger charge is 2.47. The van der Waals surface area contributed by atoms with Gasteiger partial charge in [0.15, 0.2) is 0 Å². The van der Waals surface area contributed by atoms with Crippen molar-refractivity contribution < 1.29 is 14.6 Å². The summed E-state index contributed by atoms with van der Waals surface area (Å²) in [7, 11) is 0. The zero-order chi connectivity index (χ0) is 11.2. The summed E-state index contributed by atoms with van der Waals surface area (Å²) in [5.74, 6) is 0.416. The van der Waals surface area contributed by atoms with Crippen LogP contribution in [0.4, 0.5) is 0 Å². The summed E-state index contributed by atoms with van der Waals surface area (Å²) in [6.07, 6.45) is 2.23. The molecule has 4 unspecified atom stereocenters. The van der Waals surface area contributed by atoms with Gasteiger partial charge in [-0.2, -0.15) is 0 Å². The van der Waals surface area contributed by atoms with Crippen LogP contribution in [0.15, 0.2) is 11.6 Å². The first-order valence-corrected chi connectivity index (χ1v) is 5.58. The first-order valence-electron chi connectivity index (χ1n) is 5.58. The Kier molecular flexibility index (Phi) is 2.59. The summed E-state index contributed by atoms with van der Waals surface area (Å²) >= 11 is 0. The quantitative estimate of drug-likeness (QED) is 0.667. The van der Waals surface area contributed by atoms with Gasteiger partial charge < -0.3 is 9.84 Å². The van der Waals surface area contributed by atoms with Crippen LogP contribution in [-0.4, -0.2) is 23.3 Å². The van der Waals surface area contributed by atoms with Crippen LogP contribution in [-0.2, 0) is 9.53 Å². The SMILES string of the molecule is CC1=CC2CC(O)C(C(C)C)C2OC1=O. The number of rotatable bonds is 1. The molecule has 0 radical (unpaired) electrons. The minimum absolute atomic E-state index is 0.0864. The lowest BCUT2D eigenvalue weighted by Gasteiger charge is -2.30. The largest absolute Gasteiger partial charge is 0.458 e. The molecule has 1 aliphatic carbocycles. The lowest BCUT2D eigenvalue weighted by atomic mass is 9.88. The van der Waals surface area contributed by atoms with Crippen LogP contribution in [0.1, 0.15) is 27.2 Å². The Morgan fingerprint density at radius 2 is 2.20 bits per heavy atom. The van der Waals surface area contributed by atoms with Gasteiger partial charge in [-0.15, -0.1) is 0 Å². The Balaban J connectivity index is 2.25. The van der Waals surface area contributed by atoms with Gasteiger partial charge in [-0.25, -0.2) is 4.79 Å². The minimum Gasteiger partial charge on any atom is -0.458 e. The minimum atomic E-state index is -0.338. The second kappa shape index (κ2) is 3.63. The van der Waals surface area contributed by atoms with Crippen LogP contribution in [0.3, 0.4) is 0 Å². The Labute approximate surface area is 90.1 Å². The molecule has 4 atom stereocenters. The molecule has 2 aliphatic rings. The van der Waals surface area contributed by atoms with Gasteiger partial charge in [-0.1, -0.05) is 19.9 Å². The summed E-state index contributed by atoms with van der Waals surface area (Å²) in [5, 5.41) is 9.94. The van der Waals surface area contributed by atoms with Gasteiger partial charge in [0.05, 0.1) is 6.10 Å². The zero-order valence-electron chi connectivity index (χ0n) is 9.43. The molecule has 0 amide bonds. The van der Waals surface area contributed by atoms with Crippen molar-refractivity contribution in [3.8, 4) is 0 Å². The average Bonchev–Trinajstić information content (AvgIpc) is 2.41. The van der Waals surface area contributed by atoms with Crippen LogP contribution in [0.25, 0.3) is 0 Å². The molecule has 3 heteroatoms. The topological polar surface area (TPSA) is 46.5 Å². The summed E-state index contributed by atoms with van der Waals surface area (Å²) < 4.78 is 5.40. The van der Waals surface area contributed by atoms with Gasteiger partial charge in [-0.3, -0.25) is 0 Å². The van der Waals surface area contributed by atoms with Gasteiger partial charge in [-0.05, 0) is 19.3 Å². The van der Waals surface area contributed by atoms with Crippen molar-refractivity contribution in [3.63, 3.8) is 0 Å². The Bertz CT molecular complexity index is 306. The molecule has 0 spiro atoms. The predicted octanol–water partition coefficient (Wildman–Crippen LogP) is 1.51. The summed E-state index contributed by atoms with van der Waals surface area (Å²) in [4.78, 5) is 11.4. The van der Waals surface area contributed by atoms with Crippen molar-refractivity contribution in [2.24, 2.45) is 17.8 Å². The van der Waals surface area contributed by atoms with E-state index < -0.39 is 0 Å². The monoisotopic (exact) mass is 210 g/mol. The average molecular weight is 210 g/mol. The van der Waals surface area contributed by atoms with Gasteiger partial charge in [0, 0.05) is 17.4 Å². The first kappa shape index (κ1) is 10.7. The summed E-state index contributed by atoms with van der Waals surface area (Å²) in [5.41, 5.74) is 0.674. The lowest BCUT2D eigenvalue weighted by Crippen LogP contribution is -2.36. The number of ether oxygens (including phenoxy) is 1. The molecule has 0 bridgehead atoms. The number of aliphatic hydroxyl groups excluding tert-OH is 1. The molecule has 0 saturated heterocycles. The summed E-state index contributed by atoms with van der Waals surface area (Å²) in [6, 6.07) is 0. The number of carbonyl (C=O) groups excluding carboxylic acids is 1. The van der Waals surface area contributed by atoms with Crippen molar-refractivity contribution in [1.82, 2.24) is 0 Å². The van der Waals surface area contributed by atoms with E-state index in [4.69, 9.17) is 4.74 Å². The first-order chi connectivity index (χ1) is 7.00.